The first-order valence-corrected chi connectivity index (χ1v) is 6.92. The van der Waals surface area contributed by atoms with Gasteiger partial charge in [0.15, 0.2) is 0 Å². The van der Waals surface area contributed by atoms with E-state index in [0.29, 0.717) is 6.04 Å². The van der Waals surface area contributed by atoms with Crippen LogP contribution in [0.1, 0.15) is 18.4 Å². The molecule has 2 heterocycles. The lowest BCUT2D eigenvalue weighted by Crippen LogP contribution is -2.39. The van der Waals surface area contributed by atoms with Crippen LogP contribution in [0.5, 0.6) is 0 Å². The van der Waals surface area contributed by atoms with Crippen LogP contribution in [0.15, 0.2) is 47.1 Å². The molecule has 0 unspecified atom stereocenters. The Labute approximate surface area is 114 Å². The van der Waals surface area contributed by atoms with Crippen molar-refractivity contribution < 1.29 is 4.42 Å². The predicted octanol–water partition coefficient (Wildman–Crippen LogP) is 2.87. The van der Waals surface area contributed by atoms with Gasteiger partial charge in [-0.25, -0.2) is 0 Å². The molecule has 0 bridgehead atoms. The highest BCUT2D eigenvalue weighted by atomic mass is 16.3. The zero-order chi connectivity index (χ0) is 13.1. The van der Waals surface area contributed by atoms with E-state index in [1.165, 1.54) is 11.1 Å². The fourth-order valence-electron chi connectivity index (χ4n) is 2.68. The molecule has 1 aromatic carbocycles. The van der Waals surface area contributed by atoms with Crippen molar-refractivity contribution in [1.82, 2.24) is 4.90 Å². The summed E-state index contributed by atoms with van der Waals surface area (Å²) in [5, 5.41) is 0. The van der Waals surface area contributed by atoms with Gasteiger partial charge in [0.05, 0.1) is 6.26 Å². The van der Waals surface area contributed by atoms with E-state index in [1.54, 1.807) is 6.26 Å². The zero-order valence-electron chi connectivity index (χ0n) is 11.1. The van der Waals surface area contributed by atoms with Crippen LogP contribution in [0.25, 0.3) is 11.3 Å². The minimum Gasteiger partial charge on any atom is -0.464 e. The lowest BCUT2D eigenvalue weighted by Gasteiger charge is -2.30. The second-order valence-corrected chi connectivity index (χ2v) is 5.25. The van der Waals surface area contributed by atoms with Crippen LogP contribution in [0.4, 0.5) is 0 Å². The Balaban J connectivity index is 1.78. The number of hydrogen-bond acceptors (Lipinski definition) is 3. The number of furan rings is 1. The molecule has 1 aromatic heterocycles. The van der Waals surface area contributed by atoms with Crippen molar-refractivity contribution in [1.29, 1.82) is 0 Å². The van der Waals surface area contributed by atoms with Crippen LogP contribution in [0.3, 0.4) is 0 Å². The molecule has 3 rings (SSSR count). The van der Waals surface area contributed by atoms with Crippen LogP contribution < -0.4 is 5.73 Å². The lowest BCUT2D eigenvalue weighted by atomic mass is 10.0. The van der Waals surface area contributed by atoms with Crippen molar-refractivity contribution >= 4 is 0 Å². The molecule has 1 saturated heterocycles. The number of rotatable bonds is 3. The summed E-state index contributed by atoms with van der Waals surface area (Å²) in [6.45, 7) is 3.16. The van der Waals surface area contributed by atoms with Gasteiger partial charge in [0, 0.05) is 18.2 Å². The minimum absolute atomic E-state index is 0.386. The van der Waals surface area contributed by atoms with Crippen LogP contribution >= 0.6 is 0 Å². The van der Waals surface area contributed by atoms with Gasteiger partial charge in [0.2, 0.25) is 0 Å². The molecule has 2 N–H and O–H groups in total. The molecular weight excluding hydrogens is 236 g/mol. The Hall–Kier alpha value is -1.58. The second kappa shape index (κ2) is 5.59. The molecule has 0 radical (unpaired) electrons. The van der Waals surface area contributed by atoms with Gasteiger partial charge in [0.25, 0.3) is 0 Å². The third kappa shape index (κ3) is 2.88. The van der Waals surface area contributed by atoms with Crippen LogP contribution in [-0.2, 0) is 6.54 Å². The molecular formula is C16H20N2O. The first-order valence-electron chi connectivity index (χ1n) is 6.92. The molecule has 1 aliphatic rings. The van der Waals surface area contributed by atoms with E-state index >= 15 is 0 Å². The fraction of sp³-hybridized carbons (Fsp3) is 0.375. The Morgan fingerprint density at radius 2 is 1.89 bits per heavy atom. The molecule has 0 atom stereocenters. The zero-order valence-corrected chi connectivity index (χ0v) is 11.1. The van der Waals surface area contributed by atoms with Gasteiger partial charge in [-0.3, -0.25) is 4.90 Å². The maximum Gasteiger partial charge on any atom is 0.134 e. The summed E-state index contributed by atoms with van der Waals surface area (Å²) in [7, 11) is 0. The maximum absolute atomic E-state index is 5.96. The quantitative estimate of drug-likeness (QED) is 0.918. The van der Waals surface area contributed by atoms with Crippen LogP contribution in [0.2, 0.25) is 0 Å². The first-order chi connectivity index (χ1) is 9.33. The number of piperidine rings is 1. The van der Waals surface area contributed by atoms with E-state index in [9.17, 15) is 0 Å². The number of benzene rings is 1. The van der Waals surface area contributed by atoms with E-state index in [2.05, 4.69) is 29.2 Å². The van der Waals surface area contributed by atoms with E-state index in [1.807, 2.05) is 12.1 Å². The SMILES string of the molecule is NC1CCN(Cc2ccccc2-c2ccco2)CC1. The molecule has 3 heteroatoms. The lowest BCUT2D eigenvalue weighted by molar-refractivity contribution is 0.206. The van der Waals surface area contributed by atoms with Gasteiger partial charge in [-0.2, -0.15) is 0 Å². The monoisotopic (exact) mass is 256 g/mol. The fourth-order valence-corrected chi connectivity index (χ4v) is 2.68. The summed E-state index contributed by atoms with van der Waals surface area (Å²) < 4.78 is 5.53. The summed E-state index contributed by atoms with van der Waals surface area (Å²) in [6.07, 6.45) is 3.93. The largest absolute Gasteiger partial charge is 0.464 e. The second-order valence-electron chi connectivity index (χ2n) is 5.25. The first kappa shape index (κ1) is 12.5. The predicted molar refractivity (Wildman–Crippen MR) is 76.6 cm³/mol. The summed E-state index contributed by atoms with van der Waals surface area (Å²) in [6, 6.07) is 12.8. The third-order valence-corrected chi connectivity index (χ3v) is 3.83. The number of hydrogen-bond donors (Lipinski definition) is 1. The van der Waals surface area contributed by atoms with Crippen molar-refractivity contribution in [2.24, 2.45) is 5.73 Å². The van der Waals surface area contributed by atoms with E-state index < -0.39 is 0 Å². The van der Waals surface area contributed by atoms with Crippen molar-refractivity contribution in [3.8, 4) is 11.3 Å². The average molecular weight is 256 g/mol. The highest BCUT2D eigenvalue weighted by Gasteiger charge is 2.17. The van der Waals surface area contributed by atoms with Gasteiger partial charge < -0.3 is 10.2 Å². The number of nitrogens with zero attached hydrogens (tertiary/aromatic N) is 1. The Kier molecular flexibility index (Phi) is 3.67. The van der Waals surface area contributed by atoms with Gasteiger partial charge in [-0.1, -0.05) is 24.3 Å². The average Bonchev–Trinajstić information content (AvgIpc) is 2.96. The summed E-state index contributed by atoms with van der Waals surface area (Å²) in [5.41, 5.74) is 8.48. The molecule has 19 heavy (non-hydrogen) atoms. The molecule has 1 aliphatic heterocycles. The maximum atomic E-state index is 5.96. The highest BCUT2D eigenvalue weighted by Crippen LogP contribution is 2.25. The van der Waals surface area contributed by atoms with Crippen molar-refractivity contribution in [2.45, 2.75) is 25.4 Å². The molecule has 3 nitrogen and oxygen atoms in total. The molecule has 0 spiro atoms. The third-order valence-electron chi connectivity index (χ3n) is 3.83. The van der Waals surface area contributed by atoms with Gasteiger partial charge in [-0.05, 0) is 43.6 Å². The van der Waals surface area contributed by atoms with Crippen molar-refractivity contribution in [2.75, 3.05) is 13.1 Å². The Bertz CT molecular complexity index is 513. The van der Waals surface area contributed by atoms with E-state index in [0.717, 1.165) is 38.2 Å². The standard InChI is InChI=1S/C16H20N2O/c17-14-7-9-18(10-8-14)12-13-4-1-2-5-15(13)16-6-3-11-19-16/h1-6,11,14H,7-10,12,17H2. The van der Waals surface area contributed by atoms with Crippen LogP contribution in [-0.4, -0.2) is 24.0 Å². The summed E-state index contributed by atoms with van der Waals surface area (Å²) >= 11 is 0. The molecule has 0 saturated carbocycles. The summed E-state index contributed by atoms with van der Waals surface area (Å²) in [5.74, 6) is 0.948. The van der Waals surface area contributed by atoms with E-state index in [4.69, 9.17) is 10.2 Å². The Morgan fingerprint density at radius 3 is 2.63 bits per heavy atom. The molecule has 2 aromatic rings. The molecule has 0 amide bonds. The van der Waals surface area contributed by atoms with Gasteiger partial charge in [0.1, 0.15) is 5.76 Å². The number of likely N-dealkylation sites (tertiary alicyclic amines) is 1. The van der Waals surface area contributed by atoms with E-state index in [-0.39, 0.29) is 0 Å². The molecule has 0 aliphatic carbocycles. The van der Waals surface area contributed by atoms with Gasteiger partial charge in [-0.15, -0.1) is 0 Å². The van der Waals surface area contributed by atoms with Gasteiger partial charge >= 0.3 is 0 Å². The molecule has 100 valence electrons. The number of nitrogens with two attached hydrogens (primary N) is 1. The van der Waals surface area contributed by atoms with Crippen LogP contribution in [0, 0.1) is 0 Å². The normalized spacial score (nSPS) is 17.7. The minimum atomic E-state index is 0.386. The molecule has 1 fully saturated rings. The van der Waals surface area contributed by atoms with Crippen molar-refractivity contribution in [3.05, 3.63) is 48.2 Å². The topological polar surface area (TPSA) is 42.4 Å². The summed E-state index contributed by atoms with van der Waals surface area (Å²) in [4.78, 5) is 2.48. The smallest absolute Gasteiger partial charge is 0.134 e. The van der Waals surface area contributed by atoms with Crippen molar-refractivity contribution in [3.63, 3.8) is 0 Å². The highest BCUT2D eigenvalue weighted by molar-refractivity contribution is 5.61. The Morgan fingerprint density at radius 1 is 1.11 bits per heavy atom.